The predicted octanol–water partition coefficient (Wildman–Crippen LogP) is 7.06. The summed E-state index contributed by atoms with van der Waals surface area (Å²) < 4.78 is 26.5. The van der Waals surface area contributed by atoms with E-state index in [2.05, 4.69) is 104 Å². The molecule has 0 spiro atoms. The molecule has 0 atom stereocenters. The van der Waals surface area contributed by atoms with E-state index >= 15 is 0 Å². The van der Waals surface area contributed by atoms with Crippen molar-refractivity contribution in [2.24, 2.45) is 0 Å². The molecule has 448 valence electrons. The highest BCUT2D eigenvalue weighted by atomic mass is 16.5. The van der Waals surface area contributed by atoms with Gasteiger partial charge in [-0.25, -0.2) is 0 Å². The van der Waals surface area contributed by atoms with Gasteiger partial charge in [0, 0.05) is 71.6 Å². The van der Waals surface area contributed by atoms with Gasteiger partial charge < -0.3 is 59.8 Å². The molecule has 4 aromatic carbocycles. The molecule has 4 amide bonds. The molecule has 0 saturated carbocycles. The molecule has 0 radical (unpaired) electrons. The van der Waals surface area contributed by atoms with Crippen LogP contribution in [0.1, 0.15) is 121 Å². The van der Waals surface area contributed by atoms with Crippen LogP contribution in [0.4, 0.5) is 0 Å². The van der Waals surface area contributed by atoms with Crippen LogP contribution in [-0.2, 0) is 70.5 Å². The zero-order valence-electron chi connectivity index (χ0n) is 51.7. The van der Waals surface area contributed by atoms with Gasteiger partial charge in [-0.1, -0.05) is 109 Å². The first-order valence-electron chi connectivity index (χ1n) is 29.6. The fraction of sp³-hybridized carbons (Fsp3) is 0.569. The number of rotatable bonds is 39. The van der Waals surface area contributed by atoms with Crippen molar-refractivity contribution in [3.8, 4) is 23.0 Å². The van der Waals surface area contributed by atoms with Gasteiger partial charge in [-0.2, -0.15) is 0 Å². The van der Waals surface area contributed by atoms with Crippen LogP contribution in [0, 0.1) is 0 Å². The first-order valence-corrected chi connectivity index (χ1v) is 29.6. The van der Waals surface area contributed by atoms with E-state index in [4.69, 9.17) is 18.9 Å². The number of hydrogen-bond acceptors (Lipinski definition) is 12. The Morgan fingerprint density at radius 2 is 0.630 bits per heavy atom. The quantitative estimate of drug-likeness (QED) is 0.0360. The number of nitrogens with zero attached hydrogens (tertiary/aromatic N) is 4. The van der Waals surface area contributed by atoms with Crippen LogP contribution in [0.25, 0.3) is 0 Å². The summed E-state index contributed by atoms with van der Waals surface area (Å²) in [5.41, 5.74) is 10.9. The summed E-state index contributed by atoms with van der Waals surface area (Å²) in [5, 5.41) is 12.0. The molecule has 0 aliphatic carbocycles. The average Bonchev–Trinajstić information content (AvgIpc) is 3.52. The summed E-state index contributed by atoms with van der Waals surface area (Å²) in [6.45, 7) is 14.8. The second kappa shape index (κ2) is 36.3. The lowest BCUT2D eigenvalue weighted by Crippen LogP contribution is -2.34. The number of aryl methyl sites for hydroxylation is 5. The molecular weight excluding hydrogens is 1020 g/mol. The second-order valence-electron chi connectivity index (χ2n) is 22.3. The van der Waals surface area contributed by atoms with Gasteiger partial charge in [0.1, 0.15) is 23.0 Å². The Morgan fingerprint density at radius 3 is 0.938 bits per heavy atom. The monoisotopic (exact) mass is 1120 g/mol. The maximum atomic E-state index is 13.7. The SMILES string of the molecule is CCCc1ccc(OCC(=O)NCCN(C)C)c(Cc2cc(CCC)cc(Cc3cc(CCC)cc(Cc4cc(CCC)cc(CC)c4OCC(=O)NCCN(C)C)c3OCC(=O)NCCN(C)C)c2OCC(=O)NCCN(C)C)c1. The molecule has 0 aromatic heterocycles. The van der Waals surface area contributed by atoms with E-state index in [0.717, 1.165) is 107 Å². The number of amides is 4. The number of nitrogens with one attached hydrogen (secondary N) is 4. The minimum absolute atomic E-state index is 0.131. The Bertz CT molecular complexity index is 2600. The van der Waals surface area contributed by atoms with Gasteiger partial charge in [0.2, 0.25) is 0 Å². The minimum atomic E-state index is -0.238. The second-order valence-corrected chi connectivity index (χ2v) is 22.3. The Hall–Kier alpha value is -6.20. The molecule has 0 heterocycles. The van der Waals surface area contributed by atoms with Crippen LogP contribution in [0.3, 0.4) is 0 Å². The molecule has 0 aliphatic heterocycles. The normalized spacial score (nSPS) is 11.4. The van der Waals surface area contributed by atoms with Crippen molar-refractivity contribution < 1.29 is 38.1 Å². The number of carbonyl (C=O) groups is 4. The van der Waals surface area contributed by atoms with Gasteiger partial charge in [0.25, 0.3) is 23.6 Å². The Balaban J connectivity index is 1.99. The molecule has 0 fully saturated rings. The zero-order valence-corrected chi connectivity index (χ0v) is 51.7. The van der Waals surface area contributed by atoms with Crippen LogP contribution in [0.15, 0.2) is 54.6 Å². The maximum Gasteiger partial charge on any atom is 0.257 e. The molecule has 4 aromatic rings. The summed E-state index contributed by atoms with van der Waals surface area (Å²) in [7, 11) is 15.7. The van der Waals surface area contributed by atoms with E-state index in [9.17, 15) is 19.2 Å². The van der Waals surface area contributed by atoms with Crippen LogP contribution in [0.2, 0.25) is 0 Å². The lowest BCUT2D eigenvalue weighted by atomic mass is 9.89. The third-order valence-electron chi connectivity index (χ3n) is 13.6. The van der Waals surface area contributed by atoms with Gasteiger partial charge in [0.15, 0.2) is 26.4 Å². The lowest BCUT2D eigenvalue weighted by Gasteiger charge is -2.23. The predicted molar refractivity (Wildman–Crippen MR) is 328 cm³/mol. The van der Waals surface area contributed by atoms with Gasteiger partial charge >= 0.3 is 0 Å². The average molecular weight is 1120 g/mol. The number of carbonyl (C=O) groups excluding carboxylic acids is 4. The third-order valence-corrected chi connectivity index (χ3v) is 13.6. The highest BCUT2D eigenvalue weighted by molar-refractivity contribution is 5.79. The van der Waals surface area contributed by atoms with E-state index in [-0.39, 0.29) is 50.1 Å². The third kappa shape index (κ3) is 24.4. The molecule has 16 heteroatoms. The molecular formula is C65H100N8O8. The highest BCUT2D eigenvalue weighted by Crippen LogP contribution is 2.39. The van der Waals surface area contributed by atoms with Crippen molar-refractivity contribution in [1.29, 1.82) is 0 Å². The topological polar surface area (TPSA) is 166 Å². The van der Waals surface area contributed by atoms with E-state index < -0.39 is 0 Å². The Morgan fingerprint density at radius 1 is 0.358 bits per heavy atom. The molecule has 0 bridgehead atoms. The van der Waals surface area contributed by atoms with Crippen molar-refractivity contribution in [1.82, 2.24) is 40.9 Å². The van der Waals surface area contributed by atoms with Crippen LogP contribution < -0.4 is 40.2 Å². The molecule has 0 unspecified atom stereocenters. The van der Waals surface area contributed by atoms with Gasteiger partial charge in [-0.3, -0.25) is 19.2 Å². The van der Waals surface area contributed by atoms with Gasteiger partial charge in [0.05, 0.1) is 0 Å². The Kier molecular flexibility index (Phi) is 30.2. The zero-order chi connectivity index (χ0) is 59.3. The van der Waals surface area contributed by atoms with Crippen LogP contribution >= 0.6 is 0 Å². The van der Waals surface area contributed by atoms with Crippen molar-refractivity contribution >= 4 is 23.6 Å². The first-order chi connectivity index (χ1) is 38.9. The molecule has 81 heavy (non-hydrogen) atoms. The van der Waals surface area contributed by atoms with Crippen molar-refractivity contribution in [2.45, 2.75) is 112 Å². The van der Waals surface area contributed by atoms with Crippen molar-refractivity contribution in [3.63, 3.8) is 0 Å². The Labute approximate surface area is 486 Å². The summed E-state index contributed by atoms with van der Waals surface area (Å²) in [6.07, 6.45) is 8.88. The minimum Gasteiger partial charge on any atom is -0.483 e. The largest absolute Gasteiger partial charge is 0.483 e. The first kappa shape index (κ1) is 67.3. The van der Waals surface area contributed by atoms with E-state index in [0.29, 0.717) is 101 Å². The highest BCUT2D eigenvalue weighted by Gasteiger charge is 2.24. The van der Waals surface area contributed by atoms with Gasteiger partial charge in [-0.15, -0.1) is 0 Å². The molecule has 0 saturated heterocycles. The van der Waals surface area contributed by atoms with Crippen LogP contribution in [-0.4, -0.2) is 178 Å². The molecule has 16 nitrogen and oxygen atoms in total. The lowest BCUT2D eigenvalue weighted by molar-refractivity contribution is -0.123. The summed E-state index contributed by atoms with van der Waals surface area (Å²) in [5.74, 6) is 1.59. The number of hydrogen-bond donors (Lipinski definition) is 4. The molecule has 0 aliphatic rings. The van der Waals surface area contributed by atoms with Gasteiger partial charge in [-0.05, 0) is 156 Å². The standard InChI is InChI=1S/C65H100N8O8/c1-14-19-47-23-24-58(78-43-59(74)66-25-29-70(6)7)52(33-47)40-53-36-49(21-16-3)37-56(64(53)80-45-61(76)68-27-31-72(10)11)42-57-39-50(22-17-4)38-55(65(57)81-46-62(77)69-28-32-73(12)13)41-54-35-48(20-15-2)34-51(18-5)63(54)79-44-60(75)67-26-30-71(8)9/h23-24,33-39H,14-22,25-32,40-46H2,1-13H3,(H,66,74)(H,67,75)(H,68,76)(H,69,77). The fourth-order valence-electron chi connectivity index (χ4n) is 9.66. The summed E-state index contributed by atoms with van der Waals surface area (Å²) in [4.78, 5) is 61.8. The maximum absolute atomic E-state index is 13.7. The van der Waals surface area contributed by atoms with Crippen LogP contribution in [0.5, 0.6) is 23.0 Å². The summed E-state index contributed by atoms with van der Waals surface area (Å²) >= 11 is 0. The number of benzene rings is 4. The number of ether oxygens (including phenoxy) is 4. The van der Waals surface area contributed by atoms with Crippen molar-refractivity contribution in [2.75, 3.05) is 135 Å². The van der Waals surface area contributed by atoms with E-state index in [1.54, 1.807) is 0 Å². The van der Waals surface area contributed by atoms with E-state index in [1.165, 1.54) is 5.56 Å². The van der Waals surface area contributed by atoms with Crippen molar-refractivity contribution in [3.05, 3.63) is 116 Å². The summed E-state index contributed by atoms with van der Waals surface area (Å²) in [6, 6.07) is 19.4. The van der Waals surface area contributed by atoms with E-state index in [1.807, 2.05) is 82.0 Å². The number of likely N-dealkylation sites (N-methyl/N-ethyl adjacent to an activating group) is 4. The molecule has 4 rings (SSSR count). The fourth-order valence-corrected chi connectivity index (χ4v) is 9.66. The molecule has 4 N–H and O–H groups in total. The smallest absolute Gasteiger partial charge is 0.257 e.